The third-order valence-corrected chi connectivity index (χ3v) is 4.17. The molecule has 21 heavy (non-hydrogen) atoms. The molecule has 0 saturated carbocycles. The third-order valence-electron chi connectivity index (χ3n) is 3.66. The zero-order chi connectivity index (χ0) is 15.4. The highest BCUT2D eigenvalue weighted by molar-refractivity contribution is 6.37. The van der Waals surface area contributed by atoms with Crippen LogP contribution in [-0.4, -0.2) is 41.7 Å². The predicted molar refractivity (Wildman–Crippen MR) is 85.8 cm³/mol. The third kappa shape index (κ3) is 4.23. The summed E-state index contributed by atoms with van der Waals surface area (Å²) in [6, 6.07) is 3.12. The molecule has 1 heterocycles. The first-order chi connectivity index (χ1) is 10.0. The number of hydrogen-bond donors (Lipinski definition) is 3. The summed E-state index contributed by atoms with van der Waals surface area (Å²) in [5.74, 6) is -0.203. The molecule has 0 radical (unpaired) electrons. The molecule has 1 fully saturated rings. The summed E-state index contributed by atoms with van der Waals surface area (Å²) in [5, 5.41) is 12.8. The van der Waals surface area contributed by atoms with Crippen molar-refractivity contribution in [1.29, 1.82) is 0 Å². The van der Waals surface area contributed by atoms with Gasteiger partial charge in [-0.2, -0.15) is 0 Å². The molecule has 116 valence electrons. The number of nitrogens with zero attached hydrogens (tertiary/aromatic N) is 1. The van der Waals surface area contributed by atoms with Crippen LogP contribution in [0.15, 0.2) is 12.1 Å². The van der Waals surface area contributed by atoms with Crippen LogP contribution in [0.4, 0.5) is 11.4 Å². The number of nitrogen functional groups attached to an aromatic ring is 1. The van der Waals surface area contributed by atoms with E-state index in [4.69, 9.17) is 28.9 Å². The number of benzene rings is 1. The topological polar surface area (TPSA) is 78.6 Å². The van der Waals surface area contributed by atoms with Gasteiger partial charge in [-0.15, -0.1) is 0 Å². The van der Waals surface area contributed by atoms with Crippen LogP contribution in [0, 0.1) is 0 Å². The van der Waals surface area contributed by atoms with Crippen LogP contribution in [0.25, 0.3) is 0 Å². The summed E-state index contributed by atoms with van der Waals surface area (Å²) in [7, 11) is 0. The number of aliphatic hydroxyl groups excluding tert-OH is 1. The molecule has 2 rings (SSSR count). The maximum absolute atomic E-state index is 12.1. The van der Waals surface area contributed by atoms with Crippen molar-refractivity contribution >= 4 is 40.5 Å². The second-order valence-corrected chi connectivity index (χ2v) is 6.05. The highest BCUT2D eigenvalue weighted by Gasteiger charge is 2.24. The van der Waals surface area contributed by atoms with Gasteiger partial charge in [0.2, 0.25) is 5.91 Å². The van der Waals surface area contributed by atoms with E-state index in [-0.39, 0.29) is 25.1 Å². The van der Waals surface area contributed by atoms with E-state index < -0.39 is 0 Å². The zero-order valence-corrected chi connectivity index (χ0v) is 13.1. The second-order valence-electron chi connectivity index (χ2n) is 5.20. The zero-order valence-electron chi connectivity index (χ0n) is 11.6. The minimum absolute atomic E-state index is 0.0440. The smallest absolute Gasteiger partial charge is 0.238 e. The molecule has 0 aliphatic carbocycles. The maximum atomic E-state index is 12.1. The van der Waals surface area contributed by atoms with Gasteiger partial charge in [0.15, 0.2) is 0 Å². The van der Waals surface area contributed by atoms with Gasteiger partial charge in [0.1, 0.15) is 0 Å². The van der Waals surface area contributed by atoms with Gasteiger partial charge in [0.25, 0.3) is 0 Å². The summed E-state index contributed by atoms with van der Waals surface area (Å²) >= 11 is 11.9. The van der Waals surface area contributed by atoms with Crippen molar-refractivity contribution < 1.29 is 9.90 Å². The first kappa shape index (κ1) is 16.4. The van der Waals surface area contributed by atoms with E-state index in [2.05, 4.69) is 5.32 Å². The largest absolute Gasteiger partial charge is 0.397 e. The fraction of sp³-hybridized carbons (Fsp3) is 0.500. The van der Waals surface area contributed by atoms with Crippen LogP contribution >= 0.6 is 23.2 Å². The molecule has 1 aliphatic heterocycles. The maximum Gasteiger partial charge on any atom is 0.238 e. The normalized spacial score (nSPS) is 19.5. The Morgan fingerprint density at radius 3 is 2.86 bits per heavy atom. The monoisotopic (exact) mass is 331 g/mol. The Labute approximate surface area is 134 Å². The van der Waals surface area contributed by atoms with Crippen molar-refractivity contribution in [2.45, 2.75) is 25.3 Å². The van der Waals surface area contributed by atoms with Crippen LogP contribution in [-0.2, 0) is 4.79 Å². The molecule has 0 spiro atoms. The lowest BCUT2D eigenvalue weighted by atomic mass is 10.0. The number of nitrogens with two attached hydrogens (primary N) is 1. The Kier molecular flexibility index (Phi) is 5.70. The molecule has 4 N–H and O–H groups in total. The number of likely N-dealkylation sites (tertiary alicyclic amines) is 1. The van der Waals surface area contributed by atoms with Gasteiger partial charge in [-0.25, -0.2) is 0 Å². The van der Waals surface area contributed by atoms with Crippen LogP contribution in [0.3, 0.4) is 0 Å². The molecular weight excluding hydrogens is 313 g/mol. The van der Waals surface area contributed by atoms with Gasteiger partial charge in [-0.3, -0.25) is 9.69 Å². The van der Waals surface area contributed by atoms with E-state index >= 15 is 0 Å². The predicted octanol–water partition coefficient (Wildman–Crippen LogP) is 2.36. The number of halogens is 2. The molecule has 0 bridgehead atoms. The molecule has 1 aromatic rings. The number of nitrogens with one attached hydrogen (secondary N) is 1. The average molecular weight is 332 g/mol. The number of carbonyl (C=O) groups is 1. The number of carbonyl (C=O) groups excluding carboxylic acids is 1. The van der Waals surface area contributed by atoms with Crippen molar-refractivity contribution in [3.63, 3.8) is 0 Å². The van der Waals surface area contributed by atoms with Crippen LogP contribution in [0.1, 0.15) is 19.3 Å². The Bertz CT molecular complexity index is 502. The molecule has 1 aromatic carbocycles. The summed E-state index contributed by atoms with van der Waals surface area (Å²) in [6.07, 6.45) is 3.03. The number of anilines is 2. The van der Waals surface area contributed by atoms with Crippen LogP contribution in [0.2, 0.25) is 10.0 Å². The lowest BCUT2D eigenvalue weighted by Gasteiger charge is -2.33. The van der Waals surface area contributed by atoms with Crippen molar-refractivity contribution in [3.8, 4) is 0 Å². The van der Waals surface area contributed by atoms with Gasteiger partial charge >= 0.3 is 0 Å². The van der Waals surface area contributed by atoms with E-state index in [0.717, 1.165) is 25.8 Å². The summed E-state index contributed by atoms with van der Waals surface area (Å²) < 4.78 is 0. The quantitative estimate of drug-likeness (QED) is 0.740. The molecule has 1 saturated heterocycles. The SMILES string of the molecule is Nc1cc(Cl)cc(Cl)c1NC(=O)CN1CCCCC1CO. The Hall–Kier alpha value is -1.01. The summed E-state index contributed by atoms with van der Waals surface area (Å²) in [4.78, 5) is 14.1. The first-order valence-electron chi connectivity index (χ1n) is 6.90. The van der Waals surface area contributed by atoms with E-state index in [1.165, 1.54) is 6.07 Å². The first-order valence-corrected chi connectivity index (χ1v) is 7.66. The van der Waals surface area contributed by atoms with Crippen LogP contribution in [0.5, 0.6) is 0 Å². The van der Waals surface area contributed by atoms with E-state index in [0.29, 0.717) is 21.4 Å². The standard InChI is InChI=1S/C14H19Cl2N3O2/c15-9-5-11(16)14(12(17)6-9)18-13(21)7-19-4-2-1-3-10(19)8-20/h5-6,10,20H,1-4,7-8,17H2,(H,18,21). The van der Waals surface area contributed by atoms with Gasteiger partial charge in [0, 0.05) is 11.1 Å². The second kappa shape index (κ2) is 7.31. The highest BCUT2D eigenvalue weighted by Crippen LogP contribution is 2.32. The van der Waals surface area contributed by atoms with Crippen molar-refractivity contribution in [1.82, 2.24) is 4.90 Å². The van der Waals surface area contributed by atoms with Gasteiger partial charge in [0.05, 0.1) is 29.5 Å². The molecule has 1 amide bonds. The summed E-state index contributed by atoms with van der Waals surface area (Å²) in [6.45, 7) is 1.09. The molecule has 1 aliphatic rings. The number of hydrogen-bond acceptors (Lipinski definition) is 4. The minimum Gasteiger partial charge on any atom is -0.397 e. The Balaban J connectivity index is 2.01. The molecular formula is C14H19Cl2N3O2. The molecule has 0 aromatic heterocycles. The van der Waals surface area contributed by atoms with E-state index in [1.807, 2.05) is 4.90 Å². The average Bonchev–Trinajstić information content (AvgIpc) is 2.43. The van der Waals surface area contributed by atoms with Gasteiger partial charge in [-0.1, -0.05) is 29.6 Å². The number of piperidine rings is 1. The van der Waals surface area contributed by atoms with E-state index in [1.54, 1.807) is 6.07 Å². The molecule has 7 heteroatoms. The fourth-order valence-corrected chi connectivity index (χ4v) is 3.12. The fourth-order valence-electron chi connectivity index (χ4n) is 2.56. The number of rotatable bonds is 4. The minimum atomic E-state index is -0.203. The summed E-state index contributed by atoms with van der Waals surface area (Å²) in [5.41, 5.74) is 6.53. The Morgan fingerprint density at radius 1 is 1.43 bits per heavy atom. The molecule has 5 nitrogen and oxygen atoms in total. The lowest BCUT2D eigenvalue weighted by Crippen LogP contribution is -2.45. The van der Waals surface area contributed by atoms with E-state index in [9.17, 15) is 9.90 Å². The highest BCUT2D eigenvalue weighted by atomic mass is 35.5. The number of amides is 1. The molecule has 1 unspecified atom stereocenters. The lowest BCUT2D eigenvalue weighted by molar-refractivity contribution is -0.118. The van der Waals surface area contributed by atoms with Gasteiger partial charge < -0.3 is 16.2 Å². The van der Waals surface area contributed by atoms with Gasteiger partial charge in [-0.05, 0) is 31.5 Å². The van der Waals surface area contributed by atoms with Crippen LogP contribution < -0.4 is 11.1 Å². The molecule has 1 atom stereocenters. The van der Waals surface area contributed by atoms with Crippen molar-refractivity contribution in [3.05, 3.63) is 22.2 Å². The number of aliphatic hydroxyl groups is 1. The Morgan fingerprint density at radius 2 is 2.19 bits per heavy atom. The van der Waals surface area contributed by atoms with Crippen molar-refractivity contribution in [2.24, 2.45) is 0 Å². The van der Waals surface area contributed by atoms with Crippen molar-refractivity contribution in [2.75, 3.05) is 30.7 Å².